The van der Waals surface area contributed by atoms with Gasteiger partial charge < -0.3 is 5.32 Å². The van der Waals surface area contributed by atoms with E-state index in [2.05, 4.69) is 26.2 Å². The number of anilines is 1. The van der Waals surface area contributed by atoms with E-state index < -0.39 is 5.54 Å². The number of nitrogens with one attached hydrogen (secondary N) is 1. The van der Waals surface area contributed by atoms with E-state index in [-0.39, 0.29) is 30.8 Å². The Bertz CT molecular complexity index is 701. The van der Waals surface area contributed by atoms with Gasteiger partial charge in [0, 0.05) is 30.2 Å². The van der Waals surface area contributed by atoms with Crippen LogP contribution in [0.3, 0.4) is 0 Å². The zero-order valence-corrected chi connectivity index (χ0v) is 16.4. The van der Waals surface area contributed by atoms with Crippen molar-refractivity contribution in [2.75, 3.05) is 18.0 Å². The van der Waals surface area contributed by atoms with Gasteiger partial charge in [-0.1, -0.05) is 12.8 Å². The molecular weight excluding hydrogens is 400 g/mol. The smallest absolute Gasteiger partial charge is 0.323 e. The first-order valence-corrected chi connectivity index (χ1v) is 9.82. The van der Waals surface area contributed by atoms with Crippen LogP contribution in [0.15, 0.2) is 22.8 Å². The molecule has 140 valence electrons. The number of amides is 4. The van der Waals surface area contributed by atoms with Crippen LogP contribution in [0.25, 0.3) is 0 Å². The number of hydrogen-bond donors (Lipinski definition) is 1. The van der Waals surface area contributed by atoms with E-state index in [9.17, 15) is 14.4 Å². The van der Waals surface area contributed by atoms with E-state index in [0.29, 0.717) is 31.6 Å². The summed E-state index contributed by atoms with van der Waals surface area (Å²) in [7, 11) is 0. The zero-order valence-electron chi connectivity index (χ0n) is 14.8. The highest BCUT2D eigenvalue weighted by atomic mass is 79.9. The molecule has 0 radical (unpaired) electrons. The van der Waals surface area contributed by atoms with Gasteiger partial charge >= 0.3 is 6.03 Å². The summed E-state index contributed by atoms with van der Waals surface area (Å²) in [5.41, 5.74) is -0.683. The minimum atomic E-state index is -0.683. The van der Waals surface area contributed by atoms with Gasteiger partial charge in [-0.05, 0) is 54.2 Å². The lowest BCUT2D eigenvalue weighted by atomic mass is 9.98. The second-order valence-corrected chi connectivity index (χ2v) is 7.67. The molecule has 4 amide bonds. The summed E-state index contributed by atoms with van der Waals surface area (Å²) in [6, 6.07) is 3.30. The zero-order chi connectivity index (χ0) is 18.7. The molecule has 8 heteroatoms. The lowest BCUT2D eigenvalue weighted by molar-refractivity contribution is -0.131. The molecule has 1 aliphatic carbocycles. The molecule has 1 aliphatic heterocycles. The predicted molar refractivity (Wildman–Crippen MR) is 101 cm³/mol. The van der Waals surface area contributed by atoms with Gasteiger partial charge in [0.05, 0.1) is 0 Å². The molecule has 1 N–H and O–H groups in total. The third kappa shape index (κ3) is 3.60. The molecule has 2 heterocycles. The molecule has 0 aromatic carbocycles. The number of aromatic nitrogens is 1. The number of imide groups is 1. The maximum atomic E-state index is 12.6. The van der Waals surface area contributed by atoms with Crippen molar-refractivity contribution < 1.29 is 14.4 Å². The van der Waals surface area contributed by atoms with Crippen molar-refractivity contribution in [3.8, 4) is 0 Å². The van der Waals surface area contributed by atoms with Crippen molar-refractivity contribution in [3.05, 3.63) is 22.8 Å². The van der Waals surface area contributed by atoms with E-state index in [0.717, 1.165) is 17.3 Å². The highest BCUT2D eigenvalue weighted by Crippen LogP contribution is 2.35. The van der Waals surface area contributed by atoms with Gasteiger partial charge in [0.2, 0.25) is 5.91 Å². The summed E-state index contributed by atoms with van der Waals surface area (Å²) in [6.07, 6.45) is 5.71. The van der Waals surface area contributed by atoms with Crippen LogP contribution in [0.1, 0.15) is 45.4 Å². The highest BCUT2D eigenvalue weighted by molar-refractivity contribution is 9.10. The third-order valence-electron chi connectivity index (χ3n) is 5.08. The SMILES string of the molecule is CCN(C(=O)CCCN1C(=O)NC2(CCCC2)C1=O)c1ccc(Br)cn1. The molecule has 2 fully saturated rings. The molecule has 0 unspecified atom stereocenters. The number of urea groups is 1. The Kier molecular flexibility index (Phi) is 5.60. The summed E-state index contributed by atoms with van der Waals surface area (Å²) >= 11 is 3.33. The van der Waals surface area contributed by atoms with Crippen LogP contribution >= 0.6 is 15.9 Å². The number of carbonyl (C=O) groups is 3. The summed E-state index contributed by atoms with van der Waals surface area (Å²) in [6.45, 7) is 2.67. The van der Waals surface area contributed by atoms with Gasteiger partial charge in [-0.3, -0.25) is 19.4 Å². The molecule has 0 atom stereocenters. The van der Waals surface area contributed by atoms with Gasteiger partial charge in [-0.25, -0.2) is 9.78 Å². The maximum absolute atomic E-state index is 12.6. The van der Waals surface area contributed by atoms with Gasteiger partial charge in [-0.15, -0.1) is 0 Å². The summed E-state index contributed by atoms with van der Waals surface area (Å²) in [5, 5.41) is 2.86. The Morgan fingerprint density at radius 3 is 2.69 bits per heavy atom. The molecule has 1 saturated heterocycles. The number of nitrogens with zero attached hydrogens (tertiary/aromatic N) is 3. The predicted octanol–water partition coefficient (Wildman–Crippen LogP) is 2.84. The van der Waals surface area contributed by atoms with Crippen LogP contribution in [-0.2, 0) is 9.59 Å². The molecule has 26 heavy (non-hydrogen) atoms. The molecule has 1 saturated carbocycles. The van der Waals surface area contributed by atoms with E-state index >= 15 is 0 Å². The first-order valence-electron chi connectivity index (χ1n) is 9.03. The van der Waals surface area contributed by atoms with Crippen LogP contribution in [0.2, 0.25) is 0 Å². The standard InChI is InChI=1S/C18H23BrN4O3/c1-2-22(14-8-7-13(19)12-20-14)15(24)6-5-11-23-16(25)18(21-17(23)26)9-3-4-10-18/h7-8,12H,2-6,9-11H2,1H3,(H,21,26). The average Bonchev–Trinajstić information content (AvgIpc) is 3.18. The lowest BCUT2D eigenvalue weighted by Crippen LogP contribution is -2.44. The van der Waals surface area contributed by atoms with Crippen LogP contribution in [-0.4, -0.2) is 46.4 Å². The van der Waals surface area contributed by atoms with Crippen LogP contribution in [0.4, 0.5) is 10.6 Å². The second-order valence-electron chi connectivity index (χ2n) is 6.75. The third-order valence-corrected chi connectivity index (χ3v) is 5.55. The van der Waals surface area contributed by atoms with Crippen molar-refractivity contribution in [1.29, 1.82) is 0 Å². The van der Waals surface area contributed by atoms with E-state index in [1.165, 1.54) is 4.90 Å². The number of hydrogen-bond acceptors (Lipinski definition) is 4. The van der Waals surface area contributed by atoms with Gasteiger partial charge in [0.15, 0.2) is 0 Å². The fourth-order valence-corrected chi connectivity index (χ4v) is 3.95. The largest absolute Gasteiger partial charge is 0.325 e. The molecule has 3 rings (SSSR count). The Morgan fingerprint density at radius 1 is 1.35 bits per heavy atom. The first kappa shape index (κ1) is 18.8. The Morgan fingerprint density at radius 2 is 2.08 bits per heavy atom. The van der Waals surface area contributed by atoms with Crippen LogP contribution in [0, 0.1) is 0 Å². The van der Waals surface area contributed by atoms with Gasteiger partial charge in [0.25, 0.3) is 5.91 Å². The van der Waals surface area contributed by atoms with Gasteiger partial charge in [0.1, 0.15) is 11.4 Å². The second kappa shape index (κ2) is 7.73. The van der Waals surface area contributed by atoms with Crippen LogP contribution < -0.4 is 10.2 Å². The number of halogens is 1. The fourth-order valence-electron chi connectivity index (χ4n) is 3.71. The lowest BCUT2D eigenvalue weighted by Gasteiger charge is -2.21. The van der Waals surface area contributed by atoms with Gasteiger partial charge in [-0.2, -0.15) is 0 Å². The van der Waals surface area contributed by atoms with Crippen molar-refractivity contribution in [1.82, 2.24) is 15.2 Å². The molecule has 2 aliphatic rings. The van der Waals surface area contributed by atoms with E-state index in [1.54, 1.807) is 17.2 Å². The number of carbonyl (C=O) groups excluding carboxylic acids is 3. The first-order chi connectivity index (χ1) is 12.5. The van der Waals surface area contributed by atoms with E-state index in [1.807, 2.05) is 13.0 Å². The minimum absolute atomic E-state index is 0.0649. The summed E-state index contributed by atoms with van der Waals surface area (Å²) < 4.78 is 0.851. The average molecular weight is 423 g/mol. The van der Waals surface area contributed by atoms with Crippen molar-refractivity contribution >= 4 is 39.6 Å². The number of rotatable bonds is 6. The molecular formula is C18H23BrN4O3. The normalized spacial score (nSPS) is 18.5. The fraction of sp³-hybridized carbons (Fsp3) is 0.556. The minimum Gasteiger partial charge on any atom is -0.323 e. The highest BCUT2D eigenvalue weighted by Gasteiger charge is 2.52. The topological polar surface area (TPSA) is 82.6 Å². The molecule has 1 spiro atoms. The summed E-state index contributed by atoms with van der Waals surface area (Å²) in [5.74, 6) is 0.403. The molecule has 1 aromatic rings. The maximum Gasteiger partial charge on any atom is 0.325 e. The Labute approximate surface area is 161 Å². The summed E-state index contributed by atoms with van der Waals surface area (Å²) in [4.78, 5) is 44.4. The van der Waals surface area contributed by atoms with Crippen molar-refractivity contribution in [2.45, 2.75) is 51.0 Å². The quantitative estimate of drug-likeness (QED) is 0.714. The van der Waals surface area contributed by atoms with Crippen LogP contribution in [0.5, 0.6) is 0 Å². The molecule has 7 nitrogen and oxygen atoms in total. The monoisotopic (exact) mass is 422 g/mol. The van der Waals surface area contributed by atoms with Crippen molar-refractivity contribution in [2.24, 2.45) is 0 Å². The molecule has 1 aromatic heterocycles. The molecule has 0 bridgehead atoms. The Hall–Kier alpha value is -1.96. The van der Waals surface area contributed by atoms with E-state index in [4.69, 9.17) is 0 Å². The number of pyridine rings is 1. The van der Waals surface area contributed by atoms with Crippen molar-refractivity contribution in [3.63, 3.8) is 0 Å². The Balaban J connectivity index is 1.55.